The van der Waals surface area contributed by atoms with Crippen molar-refractivity contribution < 1.29 is 14.5 Å². The Kier molecular flexibility index (Phi) is 5.33. The van der Waals surface area contributed by atoms with Crippen LogP contribution in [0.4, 0.5) is 5.69 Å². The number of methoxy groups -OCH3 is 1. The van der Waals surface area contributed by atoms with Crippen molar-refractivity contribution in [2.75, 3.05) is 14.2 Å². The molecule has 0 saturated carbocycles. The molecule has 6 nitrogen and oxygen atoms in total. The number of nitrogens with zero attached hydrogens (tertiary/aromatic N) is 2. The Hall–Kier alpha value is -2.41. The van der Waals surface area contributed by atoms with E-state index in [9.17, 15) is 14.9 Å². The third-order valence-corrected chi connectivity index (χ3v) is 3.83. The highest BCUT2D eigenvalue weighted by atomic mass is 79.9. The first-order chi connectivity index (χ1) is 10.9. The fourth-order valence-corrected chi connectivity index (χ4v) is 2.39. The van der Waals surface area contributed by atoms with Gasteiger partial charge in [0.1, 0.15) is 0 Å². The predicted molar refractivity (Wildman–Crippen MR) is 89.6 cm³/mol. The van der Waals surface area contributed by atoms with Crippen LogP contribution < -0.4 is 4.74 Å². The third kappa shape index (κ3) is 4.07. The number of carbonyl (C=O) groups is 1. The Labute approximate surface area is 142 Å². The van der Waals surface area contributed by atoms with Crippen molar-refractivity contribution in [3.63, 3.8) is 0 Å². The van der Waals surface area contributed by atoms with E-state index >= 15 is 0 Å². The monoisotopic (exact) mass is 378 g/mol. The van der Waals surface area contributed by atoms with E-state index in [0.717, 1.165) is 10.0 Å². The van der Waals surface area contributed by atoms with E-state index < -0.39 is 4.92 Å². The van der Waals surface area contributed by atoms with Crippen molar-refractivity contribution in [1.82, 2.24) is 4.90 Å². The maximum atomic E-state index is 12.4. The molecule has 2 aromatic carbocycles. The Morgan fingerprint density at radius 2 is 1.91 bits per heavy atom. The molecule has 0 aliphatic carbocycles. The topological polar surface area (TPSA) is 72.7 Å². The first kappa shape index (κ1) is 17.0. The van der Waals surface area contributed by atoms with E-state index in [2.05, 4.69) is 15.9 Å². The molecule has 0 spiro atoms. The van der Waals surface area contributed by atoms with Gasteiger partial charge >= 0.3 is 5.69 Å². The average molecular weight is 379 g/mol. The molecule has 0 fully saturated rings. The number of halogens is 1. The predicted octanol–water partition coefficient (Wildman–Crippen LogP) is 3.64. The van der Waals surface area contributed by atoms with Gasteiger partial charge in [-0.25, -0.2) is 0 Å². The van der Waals surface area contributed by atoms with Gasteiger partial charge in [0.2, 0.25) is 0 Å². The van der Waals surface area contributed by atoms with Crippen molar-refractivity contribution in [3.8, 4) is 5.75 Å². The van der Waals surface area contributed by atoms with E-state index in [1.165, 1.54) is 30.2 Å². The molecule has 0 heterocycles. The van der Waals surface area contributed by atoms with Gasteiger partial charge in [-0.1, -0.05) is 28.1 Å². The first-order valence-corrected chi connectivity index (χ1v) is 7.54. The molecule has 23 heavy (non-hydrogen) atoms. The molecular weight excluding hydrogens is 364 g/mol. The maximum absolute atomic E-state index is 12.4. The molecule has 2 aromatic rings. The summed E-state index contributed by atoms with van der Waals surface area (Å²) in [5.74, 6) is -0.166. The minimum atomic E-state index is -0.565. The van der Waals surface area contributed by atoms with Gasteiger partial charge < -0.3 is 9.64 Å². The van der Waals surface area contributed by atoms with Gasteiger partial charge in [-0.05, 0) is 29.8 Å². The summed E-state index contributed by atoms with van der Waals surface area (Å²) in [4.78, 5) is 24.4. The highest BCUT2D eigenvalue weighted by Gasteiger charge is 2.20. The normalized spacial score (nSPS) is 10.2. The van der Waals surface area contributed by atoms with Gasteiger partial charge in [0.05, 0.1) is 12.0 Å². The fourth-order valence-electron chi connectivity index (χ4n) is 2.12. The van der Waals surface area contributed by atoms with Gasteiger partial charge in [0.15, 0.2) is 5.75 Å². The van der Waals surface area contributed by atoms with Gasteiger partial charge in [0.25, 0.3) is 5.91 Å². The standard InChI is InChI=1S/C16H15BrN2O4/c1-18(10-11-3-6-13(17)7-4-11)16(20)12-5-8-15(23-2)14(9-12)19(21)22/h3-9H,10H2,1-2H3. The molecule has 0 radical (unpaired) electrons. The summed E-state index contributed by atoms with van der Waals surface area (Å²) >= 11 is 3.36. The zero-order valence-corrected chi connectivity index (χ0v) is 14.2. The number of benzene rings is 2. The summed E-state index contributed by atoms with van der Waals surface area (Å²) < 4.78 is 5.90. The highest BCUT2D eigenvalue weighted by molar-refractivity contribution is 9.10. The lowest BCUT2D eigenvalue weighted by molar-refractivity contribution is -0.385. The average Bonchev–Trinajstić information content (AvgIpc) is 2.55. The summed E-state index contributed by atoms with van der Waals surface area (Å²) in [6.07, 6.45) is 0. The minimum Gasteiger partial charge on any atom is -0.490 e. The molecule has 0 bridgehead atoms. The molecule has 0 unspecified atom stereocenters. The third-order valence-electron chi connectivity index (χ3n) is 3.30. The minimum absolute atomic E-state index is 0.127. The van der Waals surface area contributed by atoms with Gasteiger partial charge in [0, 0.05) is 29.7 Å². The summed E-state index contributed by atoms with van der Waals surface area (Å²) in [5, 5.41) is 11.0. The largest absolute Gasteiger partial charge is 0.490 e. The lowest BCUT2D eigenvalue weighted by Gasteiger charge is -2.17. The van der Waals surface area contributed by atoms with E-state index in [0.29, 0.717) is 6.54 Å². The van der Waals surface area contributed by atoms with Crippen LogP contribution >= 0.6 is 15.9 Å². The molecule has 120 valence electrons. The Morgan fingerprint density at radius 3 is 2.48 bits per heavy atom. The first-order valence-electron chi connectivity index (χ1n) is 6.74. The summed E-state index contributed by atoms with van der Waals surface area (Å²) in [6, 6.07) is 11.8. The van der Waals surface area contributed by atoms with Crippen molar-refractivity contribution in [2.45, 2.75) is 6.54 Å². The number of nitro benzene ring substituents is 1. The Balaban J connectivity index is 2.20. The van der Waals surface area contributed by atoms with Crippen LogP contribution in [0.5, 0.6) is 5.75 Å². The van der Waals surface area contributed by atoms with E-state index in [4.69, 9.17) is 4.74 Å². The zero-order chi connectivity index (χ0) is 17.0. The Morgan fingerprint density at radius 1 is 1.26 bits per heavy atom. The molecule has 7 heteroatoms. The summed E-state index contributed by atoms with van der Waals surface area (Å²) in [7, 11) is 3.00. The lowest BCUT2D eigenvalue weighted by Crippen LogP contribution is -2.26. The van der Waals surface area contributed by atoms with Crippen molar-refractivity contribution >= 4 is 27.5 Å². The van der Waals surface area contributed by atoms with Gasteiger partial charge in [-0.2, -0.15) is 0 Å². The van der Waals surface area contributed by atoms with Crippen LogP contribution in [0.2, 0.25) is 0 Å². The number of nitro groups is 1. The Bertz CT molecular complexity index is 731. The van der Waals surface area contributed by atoms with Crippen molar-refractivity contribution in [2.24, 2.45) is 0 Å². The number of ether oxygens (including phenoxy) is 1. The molecule has 0 atom stereocenters. The van der Waals surface area contributed by atoms with Crippen LogP contribution in [-0.2, 0) is 6.54 Å². The van der Waals surface area contributed by atoms with E-state index in [1.54, 1.807) is 7.05 Å². The number of carbonyl (C=O) groups excluding carboxylic acids is 1. The smallest absolute Gasteiger partial charge is 0.311 e. The lowest BCUT2D eigenvalue weighted by atomic mass is 10.1. The second kappa shape index (κ2) is 7.23. The molecule has 0 saturated heterocycles. The molecule has 0 aliphatic heterocycles. The second-order valence-corrected chi connectivity index (χ2v) is 5.85. The van der Waals surface area contributed by atoms with Crippen molar-refractivity contribution in [3.05, 3.63) is 68.2 Å². The van der Waals surface area contributed by atoms with Crippen LogP contribution in [0, 0.1) is 10.1 Å². The SMILES string of the molecule is COc1ccc(C(=O)N(C)Cc2ccc(Br)cc2)cc1[N+](=O)[O-]. The van der Waals surface area contributed by atoms with Crippen LogP contribution in [0.1, 0.15) is 15.9 Å². The number of hydrogen-bond donors (Lipinski definition) is 0. The molecule has 1 amide bonds. The highest BCUT2D eigenvalue weighted by Crippen LogP contribution is 2.28. The quantitative estimate of drug-likeness (QED) is 0.587. The molecule has 0 aromatic heterocycles. The second-order valence-electron chi connectivity index (χ2n) is 4.93. The molecular formula is C16H15BrN2O4. The number of hydrogen-bond acceptors (Lipinski definition) is 4. The van der Waals surface area contributed by atoms with Crippen LogP contribution in [-0.4, -0.2) is 29.9 Å². The van der Waals surface area contributed by atoms with Crippen LogP contribution in [0.25, 0.3) is 0 Å². The van der Waals surface area contributed by atoms with Gasteiger partial charge in [-0.3, -0.25) is 14.9 Å². The van der Waals surface area contributed by atoms with Crippen LogP contribution in [0.15, 0.2) is 46.9 Å². The fraction of sp³-hybridized carbons (Fsp3) is 0.188. The van der Waals surface area contributed by atoms with E-state index in [-0.39, 0.29) is 22.9 Å². The van der Waals surface area contributed by atoms with Crippen LogP contribution in [0.3, 0.4) is 0 Å². The summed E-state index contributed by atoms with van der Waals surface area (Å²) in [5.41, 5.74) is 0.986. The number of rotatable bonds is 5. The van der Waals surface area contributed by atoms with Gasteiger partial charge in [-0.15, -0.1) is 0 Å². The number of amides is 1. The maximum Gasteiger partial charge on any atom is 0.311 e. The molecule has 0 N–H and O–H groups in total. The van der Waals surface area contributed by atoms with E-state index in [1.807, 2.05) is 24.3 Å². The van der Waals surface area contributed by atoms with Crippen molar-refractivity contribution in [1.29, 1.82) is 0 Å². The molecule has 0 aliphatic rings. The summed E-state index contributed by atoms with van der Waals surface area (Å²) in [6.45, 7) is 0.409. The molecule has 2 rings (SSSR count). The zero-order valence-electron chi connectivity index (χ0n) is 12.7.